The molecule has 11 nitrogen and oxygen atoms in total. The molecule has 1 aromatic carbocycles. The van der Waals surface area contributed by atoms with E-state index in [0.29, 0.717) is 35.7 Å². The van der Waals surface area contributed by atoms with Crippen molar-refractivity contribution >= 4 is 44.7 Å². The van der Waals surface area contributed by atoms with Gasteiger partial charge in [0.15, 0.2) is 17.0 Å². The predicted octanol–water partition coefficient (Wildman–Crippen LogP) is 3.23. The molecule has 1 fully saturated rings. The molecule has 1 amide bonds. The number of anilines is 3. The van der Waals surface area contributed by atoms with Gasteiger partial charge in [0, 0.05) is 12.6 Å². The van der Waals surface area contributed by atoms with Gasteiger partial charge in [-0.15, -0.1) is 0 Å². The molecule has 2 aromatic heterocycles. The summed E-state index contributed by atoms with van der Waals surface area (Å²) in [6, 6.07) is 7.00. The largest absolute Gasteiger partial charge is 0.369 e. The van der Waals surface area contributed by atoms with Crippen LogP contribution in [0.2, 0.25) is 0 Å². The van der Waals surface area contributed by atoms with E-state index in [1.54, 1.807) is 23.0 Å². The van der Waals surface area contributed by atoms with E-state index < -0.39 is 10.2 Å². The Hall–Kier alpha value is -3.25. The van der Waals surface area contributed by atoms with Crippen LogP contribution in [0.3, 0.4) is 0 Å². The van der Waals surface area contributed by atoms with Crippen molar-refractivity contribution < 1.29 is 13.2 Å². The van der Waals surface area contributed by atoms with Gasteiger partial charge in [-0.05, 0) is 56.2 Å². The summed E-state index contributed by atoms with van der Waals surface area (Å²) >= 11 is 0. The molecular weight excluding hydrogens is 492 g/mol. The van der Waals surface area contributed by atoms with Crippen molar-refractivity contribution in [1.29, 1.82) is 0 Å². The van der Waals surface area contributed by atoms with E-state index in [-0.39, 0.29) is 29.6 Å². The molecule has 2 atom stereocenters. The van der Waals surface area contributed by atoms with Crippen LogP contribution in [0, 0.1) is 11.8 Å². The Bertz CT molecular complexity index is 1350. The lowest BCUT2D eigenvalue weighted by Crippen LogP contribution is -2.41. The number of nitrogens with zero attached hydrogens (tertiary/aromatic N) is 5. The Kier molecular flexibility index (Phi) is 7.98. The Morgan fingerprint density at radius 3 is 2.51 bits per heavy atom. The highest BCUT2D eigenvalue weighted by molar-refractivity contribution is 7.90. The summed E-state index contributed by atoms with van der Waals surface area (Å²) in [4.78, 5) is 25.7. The van der Waals surface area contributed by atoms with Gasteiger partial charge in [0.05, 0.1) is 17.9 Å². The zero-order valence-electron chi connectivity index (χ0n) is 21.6. The average Bonchev–Trinajstić information content (AvgIpc) is 3.26. The van der Waals surface area contributed by atoms with Crippen molar-refractivity contribution in [2.45, 2.75) is 71.9 Å². The molecule has 2 unspecified atom stereocenters. The molecule has 0 saturated heterocycles. The van der Waals surface area contributed by atoms with E-state index in [1.165, 1.54) is 0 Å². The van der Waals surface area contributed by atoms with Crippen molar-refractivity contribution in [2.75, 3.05) is 9.62 Å². The maximum absolute atomic E-state index is 12.9. The maximum atomic E-state index is 12.9. The van der Waals surface area contributed by atoms with Gasteiger partial charge in [-0.3, -0.25) is 4.79 Å². The third kappa shape index (κ3) is 6.02. The lowest BCUT2D eigenvalue weighted by Gasteiger charge is -2.30. The van der Waals surface area contributed by atoms with Gasteiger partial charge in [-0.1, -0.05) is 38.8 Å². The van der Waals surface area contributed by atoms with Crippen molar-refractivity contribution in [2.24, 2.45) is 22.7 Å². The highest BCUT2D eigenvalue weighted by Crippen LogP contribution is 2.34. The number of aryl methyl sites for hydroxylation is 2. The number of carbonyl (C=O) groups excluding carboxylic acids is 1. The van der Waals surface area contributed by atoms with Crippen molar-refractivity contribution in [1.82, 2.24) is 19.5 Å². The van der Waals surface area contributed by atoms with Crippen molar-refractivity contribution in [3.63, 3.8) is 0 Å². The topological polar surface area (TPSA) is 162 Å². The number of hydrogen-bond donors (Lipinski definition) is 3. The van der Waals surface area contributed by atoms with E-state index >= 15 is 0 Å². The summed E-state index contributed by atoms with van der Waals surface area (Å²) in [5, 5.41) is 8.98. The minimum absolute atomic E-state index is 0.0450. The van der Waals surface area contributed by atoms with Crippen LogP contribution < -0.4 is 20.5 Å². The number of fused-ring (bicyclic) bond motifs is 1. The third-order valence-electron chi connectivity index (χ3n) is 6.86. The minimum Gasteiger partial charge on any atom is -0.369 e. The second-order valence-electron chi connectivity index (χ2n) is 10.0. The van der Waals surface area contributed by atoms with Crippen LogP contribution in [0.1, 0.15) is 58.4 Å². The zero-order chi connectivity index (χ0) is 26.7. The highest BCUT2D eigenvalue weighted by Gasteiger charge is 2.32. The molecule has 200 valence electrons. The molecule has 5 N–H and O–H groups in total. The molecule has 3 aromatic rings. The third-order valence-corrected chi connectivity index (χ3v) is 7.75. The van der Waals surface area contributed by atoms with Crippen molar-refractivity contribution in [3.05, 3.63) is 36.2 Å². The number of aromatic nitrogens is 4. The molecule has 2 heterocycles. The molecule has 0 spiro atoms. The summed E-state index contributed by atoms with van der Waals surface area (Å²) in [6.45, 7) is 6.84. The summed E-state index contributed by atoms with van der Waals surface area (Å²) in [5.41, 5.74) is 7.87. The Morgan fingerprint density at radius 1 is 1.19 bits per heavy atom. The quantitative estimate of drug-likeness (QED) is 0.364. The number of imidazole rings is 1. The first-order chi connectivity index (χ1) is 17.6. The normalized spacial score (nSPS) is 18.3. The van der Waals surface area contributed by atoms with Crippen LogP contribution in [0.5, 0.6) is 0 Å². The Balaban J connectivity index is 1.79. The van der Waals surface area contributed by atoms with E-state index in [4.69, 9.17) is 10.9 Å². The fourth-order valence-electron chi connectivity index (χ4n) is 4.82. The average molecular weight is 529 g/mol. The first-order valence-electron chi connectivity index (χ1n) is 12.8. The highest BCUT2D eigenvalue weighted by atomic mass is 32.2. The Labute approximate surface area is 217 Å². The minimum atomic E-state index is -4.28. The SMILES string of the molecule is CCn1cnc2c(N(c3ccc(CCC(C)C)cc3)S(N)(=O)=O)nc(NC3CCCCC3C(N)=O)nc21. The first-order valence-corrected chi connectivity index (χ1v) is 14.3. The van der Waals surface area contributed by atoms with Gasteiger partial charge in [-0.2, -0.15) is 18.4 Å². The first kappa shape index (κ1) is 26.8. The van der Waals surface area contributed by atoms with Gasteiger partial charge in [0.25, 0.3) is 0 Å². The molecule has 1 aliphatic rings. The number of benzene rings is 1. The molecule has 37 heavy (non-hydrogen) atoms. The van der Waals surface area contributed by atoms with Crippen LogP contribution in [-0.2, 0) is 28.0 Å². The lowest BCUT2D eigenvalue weighted by atomic mass is 9.84. The smallest absolute Gasteiger partial charge is 0.304 e. The van der Waals surface area contributed by atoms with E-state index in [9.17, 15) is 13.2 Å². The number of nitrogens with two attached hydrogens (primary N) is 2. The molecule has 1 saturated carbocycles. The van der Waals surface area contributed by atoms with Gasteiger partial charge < -0.3 is 15.6 Å². The summed E-state index contributed by atoms with van der Waals surface area (Å²) < 4.78 is 28.6. The molecule has 4 rings (SSSR count). The van der Waals surface area contributed by atoms with Crippen LogP contribution in [0.25, 0.3) is 11.2 Å². The van der Waals surface area contributed by atoms with E-state index in [0.717, 1.165) is 42.0 Å². The van der Waals surface area contributed by atoms with Crippen LogP contribution in [0.15, 0.2) is 30.6 Å². The zero-order valence-corrected chi connectivity index (χ0v) is 22.4. The Morgan fingerprint density at radius 2 is 1.89 bits per heavy atom. The van der Waals surface area contributed by atoms with Gasteiger partial charge >= 0.3 is 10.2 Å². The van der Waals surface area contributed by atoms with E-state index in [1.807, 2.05) is 19.1 Å². The molecule has 1 aliphatic carbocycles. The summed E-state index contributed by atoms with van der Waals surface area (Å²) in [7, 11) is -4.28. The molecule has 0 bridgehead atoms. The maximum Gasteiger partial charge on any atom is 0.304 e. The standard InChI is InChI=1S/C25H36N8O3S/c1-4-32-15-28-21-23(32)30-25(29-20-8-6-5-7-19(20)22(26)34)31-24(21)33(37(27,35)36)18-13-11-17(12-14-18)10-9-16(2)3/h11-16,19-20H,4-10H2,1-3H3,(H2,26,34)(H2,27,35,36)(H,29,30,31). The van der Waals surface area contributed by atoms with Gasteiger partial charge in [-0.25, -0.2) is 14.4 Å². The molecular formula is C25H36N8O3S. The van der Waals surface area contributed by atoms with Gasteiger partial charge in [0.1, 0.15) is 0 Å². The fraction of sp³-hybridized carbons (Fsp3) is 0.520. The molecule has 12 heteroatoms. The number of primary amides is 1. The molecule has 0 aliphatic heterocycles. The van der Waals surface area contributed by atoms with E-state index in [2.05, 4.69) is 34.1 Å². The second-order valence-corrected chi connectivity index (χ2v) is 11.4. The number of nitrogens with one attached hydrogen (secondary N) is 1. The predicted molar refractivity (Wildman–Crippen MR) is 144 cm³/mol. The summed E-state index contributed by atoms with van der Waals surface area (Å²) in [5.74, 6) is 0.0653. The number of hydrogen-bond acceptors (Lipinski definition) is 7. The monoisotopic (exact) mass is 528 g/mol. The van der Waals surface area contributed by atoms with Crippen LogP contribution in [-0.4, -0.2) is 39.9 Å². The second kappa shape index (κ2) is 11.0. The number of rotatable bonds is 10. The van der Waals surface area contributed by atoms with Crippen molar-refractivity contribution in [3.8, 4) is 0 Å². The summed E-state index contributed by atoms with van der Waals surface area (Å²) in [6.07, 6.45) is 6.79. The van der Waals surface area contributed by atoms with Crippen LogP contribution >= 0.6 is 0 Å². The van der Waals surface area contributed by atoms with Crippen LogP contribution in [0.4, 0.5) is 17.5 Å². The number of carbonyl (C=O) groups is 1. The lowest BCUT2D eigenvalue weighted by molar-refractivity contribution is -0.122. The molecule has 0 radical (unpaired) electrons. The fourth-order valence-corrected chi connectivity index (χ4v) is 5.60. The number of amides is 1. The van der Waals surface area contributed by atoms with Gasteiger partial charge in [0.2, 0.25) is 11.9 Å².